The topological polar surface area (TPSA) is 37.4 Å². The second kappa shape index (κ2) is 8.72. The first-order valence-electron chi connectivity index (χ1n) is 9.94. The summed E-state index contributed by atoms with van der Waals surface area (Å²) in [6.45, 7) is 2.40. The first-order chi connectivity index (χ1) is 14.3. The van der Waals surface area contributed by atoms with Crippen molar-refractivity contribution < 1.29 is 8.42 Å². The highest BCUT2D eigenvalue weighted by Gasteiger charge is 2.38. The molecule has 0 aliphatic carbocycles. The van der Waals surface area contributed by atoms with Gasteiger partial charge in [-0.25, -0.2) is 8.42 Å². The molecule has 1 aliphatic heterocycles. The van der Waals surface area contributed by atoms with Crippen molar-refractivity contribution in [2.45, 2.75) is 36.6 Å². The Balaban J connectivity index is 1.71. The van der Waals surface area contributed by atoms with Crippen molar-refractivity contribution in [2.75, 3.05) is 6.54 Å². The predicted octanol–water partition coefficient (Wildman–Crippen LogP) is 6.61. The third kappa shape index (κ3) is 4.42. The lowest BCUT2D eigenvalue weighted by atomic mass is 9.84. The first kappa shape index (κ1) is 21.4. The second-order valence-electron chi connectivity index (χ2n) is 7.77. The third-order valence-electron chi connectivity index (χ3n) is 5.78. The van der Waals surface area contributed by atoms with E-state index in [4.69, 9.17) is 23.2 Å². The standard InChI is InChI=1S/C24H23Cl2NO2S/c1-17-2-12-23(13-3-17)30(28,29)27-15-14-20(18-4-8-21(25)9-5-18)16-24(27)19-6-10-22(26)11-7-19/h2-13,20,24H,14-16H2,1H3/t20-,24+/m0/s1. The number of piperidine rings is 1. The maximum atomic E-state index is 13.5. The Kier molecular flexibility index (Phi) is 6.21. The molecule has 156 valence electrons. The van der Waals surface area contributed by atoms with E-state index in [0.29, 0.717) is 27.9 Å². The average Bonchev–Trinajstić information content (AvgIpc) is 2.75. The van der Waals surface area contributed by atoms with Gasteiger partial charge in [0.25, 0.3) is 0 Å². The highest BCUT2D eigenvalue weighted by atomic mass is 35.5. The molecular formula is C24H23Cl2NO2S. The Morgan fingerprint density at radius 1 is 0.800 bits per heavy atom. The second-order valence-corrected chi connectivity index (χ2v) is 10.5. The molecule has 3 nitrogen and oxygen atoms in total. The quantitative estimate of drug-likeness (QED) is 0.439. The Labute approximate surface area is 188 Å². The molecule has 0 saturated carbocycles. The summed E-state index contributed by atoms with van der Waals surface area (Å²) in [6, 6.07) is 22.1. The van der Waals surface area contributed by atoms with Crippen LogP contribution in [-0.2, 0) is 10.0 Å². The molecule has 2 atom stereocenters. The van der Waals surface area contributed by atoms with Gasteiger partial charge < -0.3 is 0 Å². The largest absolute Gasteiger partial charge is 0.243 e. The minimum Gasteiger partial charge on any atom is -0.207 e. The van der Waals surface area contributed by atoms with Crippen molar-refractivity contribution in [1.29, 1.82) is 0 Å². The van der Waals surface area contributed by atoms with Crippen molar-refractivity contribution in [3.05, 3.63) is 99.5 Å². The zero-order valence-electron chi connectivity index (χ0n) is 16.6. The first-order valence-corrected chi connectivity index (χ1v) is 12.1. The SMILES string of the molecule is Cc1ccc(S(=O)(=O)N2CC[C@H](c3ccc(Cl)cc3)C[C@@H]2c2ccc(Cl)cc2)cc1. The molecule has 3 aromatic rings. The highest BCUT2D eigenvalue weighted by Crippen LogP contribution is 2.42. The molecule has 3 aromatic carbocycles. The van der Waals surface area contributed by atoms with Gasteiger partial charge in [-0.05, 0) is 73.2 Å². The average molecular weight is 460 g/mol. The van der Waals surface area contributed by atoms with Gasteiger partial charge in [0, 0.05) is 16.6 Å². The van der Waals surface area contributed by atoms with Crippen LogP contribution < -0.4 is 0 Å². The molecule has 0 aromatic heterocycles. The third-order valence-corrected chi connectivity index (χ3v) is 8.20. The van der Waals surface area contributed by atoms with Crippen LogP contribution in [0.15, 0.2) is 77.7 Å². The van der Waals surface area contributed by atoms with E-state index in [1.807, 2.05) is 67.6 Å². The van der Waals surface area contributed by atoms with Crippen molar-refractivity contribution in [3.8, 4) is 0 Å². The predicted molar refractivity (Wildman–Crippen MR) is 123 cm³/mol. The normalized spacial score (nSPS) is 20.2. The summed E-state index contributed by atoms with van der Waals surface area (Å²) in [5.41, 5.74) is 3.17. The van der Waals surface area contributed by atoms with Crippen molar-refractivity contribution in [2.24, 2.45) is 0 Å². The van der Waals surface area contributed by atoms with Crippen LogP contribution in [-0.4, -0.2) is 19.3 Å². The van der Waals surface area contributed by atoms with Gasteiger partial charge in [0.15, 0.2) is 0 Å². The van der Waals surface area contributed by atoms with Gasteiger partial charge >= 0.3 is 0 Å². The number of aryl methyl sites for hydroxylation is 1. The highest BCUT2D eigenvalue weighted by molar-refractivity contribution is 7.89. The summed E-state index contributed by atoms with van der Waals surface area (Å²) in [4.78, 5) is 0.331. The zero-order valence-corrected chi connectivity index (χ0v) is 19.0. The van der Waals surface area contributed by atoms with E-state index in [1.165, 1.54) is 5.56 Å². The fourth-order valence-corrected chi connectivity index (χ4v) is 5.99. The molecule has 4 rings (SSSR count). The number of hydrogen-bond donors (Lipinski definition) is 0. The number of rotatable bonds is 4. The van der Waals surface area contributed by atoms with Crippen LogP contribution in [0.1, 0.15) is 41.5 Å². The number of halogens is 2. The summed E-state index contributed by atoms with van der Waals surface area (Å²) in [6.07, 6.45) is 1.46. The lowest BCUT2D eigenvalue weighted by Crippen LogP contribution is -2.40. The van der Waals surface area contributed by atoms with E-state index in [0.717, 1.165) is 17.5 Å². The summed E-state index contributed by atoms with van der Waals surface area (Å²) < 4.78 is 28.7. The van der Waals surface area contributed by atoms with Gasteiger partial charge in [-0.3, -0.25) is 0 Å². The van der Waals surface area contributed by atoms with Gasteiger partial charge in [-0.15, -0.1) is 0 Å². The van der Waals surface area contributed by atoms with Crippen LogP contribution in [0.2, 0.25) is 10.0 Å². The smallest absolute Gasteiger partial charge is 0.207 e. The van der Waals surface area contributed by atoms with E-state index >= 15 is 0 Å². The Morgan fingerprint density at radius 2 is 1.33 bits per heavy atom. The monoisotopic (exact) mass is 459 g/mol. The molecule has 1 aliphatic rings. The minimum absolute atomic E-state index is 0.257. The van der Waals surface area contributed by atoms with Gasteiger partial charge in [-0.1, -0.05) is 65.2 Å². The van der Waals surface area contributed by atoms with Crippen molar-refractivity contribution in [1.82, 2.24) is 4.31 Å². The van der Waals surface area contributed by atoms with Gasteiger partial charge in [0.1, 0.15) is 0 Å². The number of sulfonamides is 1. The van der Waals surface area contributed by atoms with Crippen LogP contribution in [0.5, 0.6) is 0 Å². The van der Waals surface area contributed by atoms with Crippen LogP contribution in [0.3, 0.4) is 0 Å². The molecule has 1 saturated heterocycles. The van der Waals surface area contributed by atoms with E-state index in [2.05, 4.69) is 0 Å². The number of hydrogen-bond acceptors (Lipinski definition) is 2. The Morgan fingerprint density at radius 3 is 1.90 bits per heavy atom. The maximum Gasteiger partial charge on any atom is 0.243 e. The molecule has 0 spiro atoms. The molecular weight excluding hydrogens is 437 g/mol. The van der Waals surface area contributed by atoms with Crippen molar-refractivity contribution >= 4 is 33.2 Å². The lowest BCUT2D eigenvalue weighted by Gasteiger charge is -2.39. The van der Waals surface area contributed by atoms with Crippen molar-refractivity contribution in [3.63, 3.8) is 0 Å². The molecule has 1 fully saturated rings. The van der Waals surface area contributed by atoms with Crippen LogP contribution in [0, 0.1) is 6.92 Å². The van der Waals surface area contributed by atoms with Crippen LogP contribution in [0.4, 0.5) is 0 Å². The summed E-state index contributed by atoms with van der Waals surface area (Å²) in [5.74, 6) is 0.257. The maximum absolute atomic E-state index is 13.5. The Hall–Kier alpha value is -1.85. The van der Waals surface area contributed by atoms with Gasteiger partial charge in [0.05, 0.1) is 10.9 Å². The van der Waals surface area contributed by atoms with Crippen LogP contribution in [0.25, 0.3) is 0 Å². The molecule has 30 heavy (non-hydrogen) atoms. The summed E-state index contributed by atoms with van der Waals surface area (Å²) in [5, 5.41) is 1.34. The van der Waals surface area contributed by atoms with E-state index in [9.17, 15) is 8.42 Å². The van der Waals surface area contributed by atoms with E-state index < -0.39 is 10.0 Å². The van der Waals surface area contributed by atoms with Gasteiger partial charge in [-0.2, -0.15) is 4.31 Å². The molecule has 0 radical (unpaired) electrons. The summed E-state index contributed by atoms with van der Waals surface area (Å²) in [7, 11) is -3.62. The molecule has 0 amide bonds. The summed E-state index contributed by atoms with van der Waals surface area (Å²) >= 11 is 12.1. The van der Waals surface area contributed by atoms with Crippen LogP contribution >= 0.6 is 23.2 Å². The Bertz CT molecular complexity index is 1110. The number of benzene rings is 3. The molecule has 0 unspecified atom stereocenters. The minimum atomic E-state index is -3.62. The van der Waals surface area contributed by atoms with E-state index in [1.54, 1.807) is 16.4 Å². The molecule has 6 heteroatoms. The van der Waals surface area contributed by atoms with Gasteiger partial charge in [0.2, 0.25) is 10.0 Å². The lowest BCUT2D eigenvalue weighted by molar-refractivity contribution is 0.234. The van der Waals surface area contributed by atoms with E-state index in [-0.39, 0.29) is 12.0 Å². The molecule has 1 heterocycles. The molecule has 0 bridgehead atoms. The fraction of sp³-hybridized carbons (Fsp3) is 0.250. The zero-order chi connectivity index (χ0) is 21.3. The number of nitrogens with zero attached hydrogens (tertiary/aromatic N) is 1. The molecule has 0 N–H and O–H groups in total. The fourth-order valence-electron chi connectivity index (χ4n) is 4.10.